The average Bonchev–Trinajstić information content (AvgIpc) is 3.07. The van der Waals surface area contributed by atoms with E-state index in [9.17, 15) is 18.0 Å². The number of hydrogen-bond donors (Lipinski definition) is 2. The second-order valence-corrected chi connectivity index (χ2v) is 9.82. The van der Waals surface area contributed by atoms with E-state index in [1.54, 1.807) is 0 Å². The Kier molecular flexibility index (Phi) is 4.46. The van der Waals surface area contributed by atoms with Crippen LogP contribution < -0.4 is 10.9 Å². The summed E-state index contributed by atoms with van der Waals surface area (Å²) in [7, 11) is -3.11. The summed E-state index contributed by atoms with van der Waals surface area (Å²) in [5, 5.41) is 0. The van der Waals surface area contributed by atoms with Crippen LogP contribution >= 0.6 is 11.3 Å². The molecule has 2 aliphatic rings. The van der Waals surface area contributed by atoms with Gasteiger partial charge in [0.05, 0.1) is 22.3 Å². The van der Waals surface area contributed by atoms with Crippen LogP contribution in [0.5, 0.6) is 0 Å². The predicted molar refractivity (Wildman–Crippen MR) is 87.9 cm³/mol. The van der Waals surface area contributed by atoms with Crippen molar-refractivity contribution < 1.29 is 18.0 Å². The first-order valence-electron chi connectivity index (χ1n) is 7.76. The summed E-state index contributed by atoms with van der Waals surface area (Å²) < 4.78 is 22.8. The monoisotopic (exact) mass is 356 g/mol. The minimum atomic E-state index is -3.11. The number of hydrazine groups is 1. The number of hydrogen-bond acceptors (Lipinski definition) is 5. The zero-order valence-electron chi connectivity index (χ0n) is 12.9. The largest absolute Gasteiger partial charge is 0.279 e. The standard InChI is InChI=1S/C15H20N2O4S2/c1-9-2-3-12-11(6-9)7-13(22-12)15(19)17-16-14(18)10-4-5-23(20,21)8-10/h7,9-10H,2-6,8H2,1H3,(H,16,18)(H,17,19). The Hall–Kier alpha value is -1.41. The molecule has 2 amide bonds. The van der Waals surface area contributed by atoms with Gasteiger partial charge in [-0.1, -0.05) is 6.92 Å². The van der Waals surface area contributed by atoms with Crippen molar-refractivity contribution >= 4 is 33.0 Å². The summed E-state index contributed by atoms with van der Waals surface area (Å²) in [6.45, 7) is 2.20. The molecule has 0 radical (unpaired) electrons. The molecule has 126 valence electrons. The molecule has 0 spiro atoms. The Bertz CT molecular complexity index is 739. The normalized spacial score (nSPS) is 25.6. The van der Waals surface area contributed by atoms with E-state index in [1.165, 1.54) is 21.8 Å². The molecule has 0 aromatic carbocycles. The van der Waals surface area contributed by atoms with Gasteiger partial charge in [0.2, 0.25) is 5.91 Å². The molecule has 1 saturated heterocycles. The van der Waals surface area contributed by atoms with E-state index in [0.29, 0.717) is 17.2 Å². The lowest BCUT2D eigenvalue weighted by Crippen LogP contribution is -2.44. The average molecular weight is 356 g/mol. The van der Waals surface area contributed by atoms with Gasteiger partial charge < -0.3 is 0 Å². The van der Waals surface area contributed by atoms with Crippen molar-refractivity contribution in [1.29, 1.82) is 0 Å². The van der Waals surface area contributed by atoms with E-state index in [1.807, 2.05) is 6.07 Å². The van der Waals surface area contributed by atoms with Gasteiger partial charge in [-0.3, -0.25) is 20.4 Å². The molecule has 0 saturated carbocycles. The molecular formula is C15H20N2O4S2. The molecule has 1 aromatic heterocycles. The van der Waals surface area contributed by atoms with Gasteiger partial charge in [0.25, 0.3) is 5.91 Å². The topological polar surface area (TPSA) is 92.3 Å². The van der Waals surface area contributed by atoms with Crippen molar-refractivity contribution in [3.05, 3.63) is 21.4 Å². The highest BCUT2D eigenvalue weighted by molar-refractivity contribution is 7.91. The maximum Gasteiger partial charge on any atom is 0.279 e. The van der Waals surface area contributed by atoms with Gasteiger partial charge in [-0.25, -0.2) is 8.42 Å². The van der Waals surface area contributed by atoms with Crippen LogP contribution in [0.15, 0.2) is 6.07 Å². The van der Waals surface area contributed by atoms with Crippen LogP contribution in [0, 0.1) is 11.8 Å². The first-order valence-corrected chi connectivity index (χ1v) is 10.4. The van der Waals surface area contributed by atoms with Gasteiger partial charge in [-0.15, -0.1) is 11.3 Å². The fourth-order valence-corrected chi connectivity index (χ4v) is 5.95. The minimum Gasteiger partial charge on any atom is -0.273 e. The maximum atomic E-state index is 12.2. The Morgan fingerprint density at radius 3 is 2.74 bits per heavy atom. The van der Waals surface area contributed by atoms with Crippen LogP contribution in [0.3, 0.4) is 0 Å². The fraction of sp³-hybridized carbons (Fsp3) is 0.600. The predicted octanol–water partition coefficient (Wildman–Crippen LogP) is 1.07. The molecule has 2 heterocycles. The van der Waals surface area contributed by atoms with Crippen LogP contribution in [-0.2, 0) is 27.5 Å². The number of aryl methyl sites for hydroxylation is 1. The lowest BCUT2D eigenvalue weighted by molar-refractivity contribution is -0.125. The Morgan fingerprint density at radius 1 is 1.26 bits per heavy atom. The first kappa shape index (κ1) is 16.4. The minimum absolute atomic E-state index is 0.0366. The number of carbonyl (C=O) groups is 2. The number of sulfone groups is 1. The third-order valence-corrected chi connectivity index (χ3v) is 7.46. The highest BCUT2D eigenvalue weighted by Crippen LogP contribution is 2.32. The van der Waals surface area contributed by atoms with E-state index in [0.717, 1.165) is 19.3 Å². The SMILES string of the molecule is CC1CCc2sc(C(=O)NNC(=O)C3CCS(=O)(=O)C3)cc2C1. The van der Waals surface area contributed by atoms with Crippen LogP contribution in [-0.4, -0.2) is 31.7 Å². The molecule has 0 bridgehead atoms. The molecule has 2 unspecified atom stereocenters. The summed E-state index contributed by atoms with van der Waals surface area (Å²) >= 11 is 1.47. The van der Waals surface area contributed by atoms with Gasteiger partial charge in [0, 0.05) is 4.88 Å². The molecule has 1 aromatic rings. The van der Waals surface area contributed by atoms with E-state index >= 15 is 0 Å². The molecule has 2 N–H and O–H groups in total. The highest BCUT2D eigenvalue weighted by Gasteiger charge is 2.33. The number of rotatable bonds is 2. The number of amides is 2. The van der Waals surface area contributed by atoms with Crippen LogP contribution in [0.1, 0.15) is 39.9 Å². The highest BCUT2D eigenvalue weighted by atomic mass is 32.2. The van der Waals surface area contributed by atoms with Crippen molar-refractivity contribution in [1.82, 2.24) is 10.9 Å². The maximum absolute atomic E-state index is 12.2. The molecular weight excluding hydrogens is 336 g/mol. The summed E-state index contributed by atoms with van der Waals surface area (Å²) in [5.41, 5.74) is 5.98. The van der Waals surface area contributed by atoms with E-state index in [2.05, 4.69) is 17.8 Å². The van der Waals surface area contributed by atoms with E-state index in [4.69, 9.17) is 0 Å². The van der Waals surface area contributed by atoms with Crippen LogP contribution in [0.2, 0.25) is 0 Å². The molecule has 2 atom stereocenters. The summed E-state index contributed by atoms with van der Waals surface area (Å²) in [6.07, 6.45) is 3.45. The number of nitrogens with one attached hydrogen (secondary N) is 2. The zero-order chi connectivity index (χ0) is 16.6. The van der Waals surface area contributed by atoms with Gasteiger partial charge in [0.15, 0.2) is 9.84 Å². The van der Waals surface area contributed by atoms with Gasteiger partial charge >= 0.3 is 0 Å². The van der Waals surface area contributed by atoms with Gasteiger partial charge in [0.1, 0.15) is 0 Å². The molecule has 1 aliphatic heterocycles. The zero-order valence-corrected chi connectivity index (χ0v) is 14.6. The van der Waals surface area contributed by atoms with E-state index < -0.39 is 21.7 Å². The van der Waals surface area contributed by atoms with Crippen LogP contribution in [0.4, 0.5) is 0 Å². The van der Waals surface area contributed by atoms with Crippen molar-refractivity contribution in [2.75, 3.05) is 11.5 Å². The van der Waals surface area contributed by atoms with Crippen molar-refractivity contribution in [2.45, 2.75) is 32.6 Å². The summed E-state index contributed by atoms with van der Waals surface area (Å²) in [4.78, 5) is 25.9. The lowest BCUT2D eigenvalue weighted by Gasteiger charge is -2.16. The Balaban J connectivity index is 1.57. The molecule has 6 nitrogen and oxygen atoms in total. The molecule has 23 heavy (non-hydrogen) atoms. The fourth-order valence-electron chi connectivity index (χ4n) is 3.10. The van der Waals surface area contributed by atoms with Crippen molar-refractivity contribution in [2.24, 2.45) is 11.8 Å². The van der Waals surface area contributed by atoms with Crippen molar-refractivity contribution in [3.63, 3.8) is 0 Å². The number of thiophene rings is 1. The molecule has 3 rings (SSSR count). The molecule has 8 heteroatoms. The first-order chi connectivity index (χ1) is 10.8. The third-order valence-electron chi connectivity index (χ3n) is 4.46. The quantitative estimate of drug-likeness (QED) is 0.775. The second-order valence-electron chi connectivity index (χ2n) is 6.45. The number of fused-ring (bicyclic) bond motifs is 1. The smallest absolute Gasteiger partial charge is 0.273 e. The lowest BCUT2D eigenvalue weighted by atomic mass is 9.90. The Labute approximate surface area is 139 Å². The van der Waals surface area contributed by atoms with Gasteiger partial charge in [-0.05, 0) is 43.2 Å². The molecule has 1 aliphatic carbocycles. The summed E-state index contributed by atoms with van der Waals surface area (Å²) in [6, 6.07) is 1.90. The van der Waals surface area contributed by atoms with Crippen LogP contribution in [0.25, 0.3) is 0 Å². The van der Waals surface area contributed by atoms with E-state index in [-0.39, 0.29) is 17.4 Å². The summed E-state index contributed by atoms with van der Waals surface area (Å²) in [5.74, 6) is -0.815. The second kappa shape index (κ2) is 6.24. The Morgan fingerprint density at radius 2 is 2.04 bits per heavy atom. The third kappa shape index (κ3) is 3.74. The van der Waals surface area contributed by atoms with Crippen molar-refractivity contribution in [3.8, 4) is 0 Å². The molecule has 1 fully saturated rings. The van der Waals surface area contributed by atoms with Gasteiger partial charge in [-0.2, -0.15) is 0 Å². The number of carbonyl (C=O) groups excluding carboxylic acids is 2.